The Morgan fingerprint density at radius 2 is 1.81 bits per heavy atom. The minimum atomic E-state index is -0.501. The first kappa shape index (κ1) is 18.2. The zero-order valence-electron chi connectivity index (χ0n) is 14.2. The van der Waals surface area contributed by atoms with E-state index in [1.807, 2.05) is 0 Å². The van der Waals surface area contributed by atoms with Crippen LogP contribution in [0.1, 0.15) is 20.8 Å². The molecule has 0 aromatic carbocycles. The van der Waals surface area contributed by atoms with Gasteiger partial charge in [0, 0.05) is 52.4 Å². The van der Waals surface area contributed by atoms with Crippen molar-refractivity contribution < 1.29 is 9.90 Å². The van der Waals surface area contributed by atoms with Crippen molar-refractivity contribution in [3.05, 3.63) is 0 Å². The van der Waals surface area contributed by atoms with E-state index in [-0.39, 0.29) is 6.03 Å². The second kappa shape index (κ2) is 8.56. The van der Waals surface area contributed by atoms with Crippen LogP contribution in [0.5, 0.6) is 0 Å². The highest BCUT2D eigenvalue weighted by Gasteiger charge is 2.25. The first-order valence-electron chi connectivity index (χ1n) is 7.91. The van der Waals surface area contributed by atoms with Crippen molar-refractivity contribution in [2.45, 2.75) is 32.9 Å². The third-order valence-corrected chi connectivity index (χ3v) is 4.12. The Morgan fingerprint density at radius 1 is 1.24 bits per heavy atom. The monoisotopic (exact) mass is 300 g/mol. The molecule has 0 spiro atoms. The summed E-state index contributed by atoms with van der Waals surface area (Å²) in [6, 6.07) is 0.248. The van der Waals surface area contributed by atoms with Crippen LogP contribution in [0.3, 0.4) is 0 Å². The van der Waals surface area contributed by atoms with E-state index in [9.17, 15) is 9.90 Å². The molecule has 0 saturated carbocycles. The summed E-state index contributed by atoms with van der Waals surface area (Å²) in [6.07, 6.45) is -0.501. The van der Waals surface area contributed by atoms with Gasteiger partial charge in [-0.2, -0.15) is 0 Å². The Bertz CT molecular complexity index is 315. The number of amides is 2. The van der Waals surface area contributed by atoms with E-state index < -0.39 is 6.10 Å². The van der Waals surface area contributed by atoms with Gasteiger partial charge < -0.3 is 20.2 Å². The average Bonchev–Trinajstić information content (AvgIpc) is 2.39. The van der Waals surface area contributed by atoms with Crippen LogP contribution in [-0.2, 0) is 0 Å². The number of hydrogen-bond acceptors (Lipinski definition) is 4. The summed E-state index contributed by atoms with van der Waals surface area (Å²) >= 11 is 0. The molecular weight excluding hydrogens is 268 g/mol. The predicted octanol–water partition coefficient (Wildman–Crippen LogP) is 0.281. The minimum absolute atomic E-state index is 0.115. The van der Waals surface area contributed by atoms with Crippen LogP contribution in [0.2, 0.25) is 0 Å². The van der Waals surface area contributed by atoms with Crippen molar-refractivity contribution in [1.29, 1.82) is 0 Å². The summed E-state index contributed by atoms with van der Waals surface area (Å²) in [7, 11) is 3.86. The molecule has 0 aromatic rings. The lowest BCUT2D eigenvalue weighted by Gasteiger charge is -2.40. The number of aliphatic hydroxyl groups is 1. The minimum Gasteiger partial charge on any atom is -0.392 e. The molecule has 2 unspecified atom stereocenters. The summed E-state index contributed by atoms with van der Waals surface area (Å²) in [6.45, 7) is 11.4. The molecule has 2 N–H and O–H groups in total. The Balaban J connectivity index is 2.46. The highest BCUT2D eigenvalue weighted by molar-refractivity contribution is 5.73. The maximum Gasteiger partial charge on any atom is 0.317 e. The lowest BCUT2D eigenvalue weighted by molar-refractivity contribution is 0.0869. The zero-order valence-corrected chi connectivity index (χ0v) is 14.2. The number of aliphatic hydroxyl groups excluding tert-OH is 1. The average molecular weight is 300 g/mol. The quantitative estimate of drug-likeness (QED) is 0.740. The molecular formula is C15H32N4O2. The molecule has 6 heteroatoms. The van der Waals surface area contributed by atoms with E-state index in [1.54, 1.807) is 14.0 Å². The third-order valence-electron chi connectivity index (χ3n) is 4.12. The summed E-state index contributed by atoms with van der Waals surface area (Å²) in [5.41, 5.74) is 0. The van der Waals surface area contributed by atoms with Gasteiger partial charge in [-0.15, -0.1) is 0 Å². The summed E-state index contributed by atoms with van der Waals surface area (Å²) in [5.74, 6) is 0.496. The van der Waals surface area contributed by atoms with Gasteiger partial charge in [-0.05, 0) is 19.9 Å². The van der Waals surface area contributed by atoms with Crippen molar-refractivity contribution >= 4 is 6.03 Å². The molecule has 0 aromatic heterocycles. The highest BCUT2D eigenvalue weighted by Crippen LogP contribution is 2.12. The Hall–Kier alpha value is -0.850. The number of hydrogen-bond donors (Lipinski definition) is 2. The van der Waals surface area contributed by atoms with Crippen LogP contribution < -0.4 is 5.32 Å². The van der Waals surface area contributed by atoms with Crippen LogP contribution in [0.15, 0.2) is 0 Å². The molecule has 1 fully saturated rings. The van der Waals surface area contributed by atoms with E-state index in [0.717, 1.165) is 26.2 Å². The molecule has 124 valence electrons. The van der Waals surface area contributed by atoms with E-state index in [4.69, 9.17) is 0 Å². The largest absolute Gasteiger partial charge is 0.392 e. The molecule has 6 nitrogen and oxygen atoms in total. The smallest absolute Gasteiger partial charge is 0.317 e. The Labute approximate surface area is 129 Å². The SMILES string of the molecule is CC(O)CN(C)C(=O)NCC(C(C)C)N1CCN(C)CC1. The summed E-state index contributed by atoms with van der Waals surface area (Å²) < 4.78 is 0. The van der Waals surface area contributed by atoms with Crippen LogP contribution >= 0.6 is 0 Å². The highest BCUT2D eigenvalue weighted by atomic mass is 16.3. The lowest BCUT2D eigenvalue weighted by Crippen LogP contribution is -2.55. The van der Waals surface area contributed by atoms with E-state index in [1.165, 1.54) is 4.90 Å². The van der Waals surface area contributed by atoms with Crippen LogP contribution in [0.25, 0.3) is 0 Å². The normalized spacial score (nSPS) is 20.3. The van der Waals surface area contributed by atoms with E-state index >= 15 is 0 Å². The Kier molecular flexibility index (Phi) is 7.42. The zero-order chi connectivity index (χ0) is 16.0. The second-order valence-electron chi connectivity index (χ2n) is 6.57. The van der Waals surface area contributed by atoms with Gasteiger partial charge in [0.1, 0.15) is 0 Å². The van der Waals surface area contributed by atoms with Gasteiger partial charge in [0.25, 0.3) is 0 Å². The molecule has 1 heterocycles. The second-order valence-corrected chi connectivity index (χ2v) is 6.57. The van der Waals surface area contributed by atoms with Gasteiger partial charge in [0.15, 0.2) is 0 Å². The van der Waals surface area contributed by atoms with Crippen molar-refractivity contribution in [1.82, 2.24) is 20.0 Å². The number of nitrogens with zero attached hydrogens (tertiary/aromatic N) is 3. The first-order valence-corrected chi connectivity index (χ1v) is 7.91. The predicted molar refractivity (Wildman–Crippen MR) is 85.4 cm³/mol. The van der Waals surface area contributed by atoms with Crippen LogP contribution in [-0.4, -0.2) is 91.3 Å². The molecule has 2 atom stereocenters. The Morgan fingerprint density at radius 3 is 2.29 bits per heavy atom. The van der Waals surface area contributed by atoms with Crippen molar-refractivity contribution in [2.75, 3.05) is 53.4 Å². The standard InChI is InChI=1S/C15H32N4O2/c1-12(2)14(19-8-6-17(4)7-9-19)10-16-15(21)18(5)11-13(3)20/h12-14,20H,6-11H2,1-5H3,(H,16,21). The molecule has 1 saturated heterocycles. The fourth-order valence-electron chi connectivity index (χ4n) is 2.75. The number of rotatable bonds is 6. The van der Waals surface area contributed by atoms with Gasteiger partial charge in [0.2, 0.25) is 0 Å². The number of carbonyl (C=O) groups is 1. The van der Waals surface area contributed by atoms with Crippen molar-refractivity contribution in [3.8, 4) is 0 Å². The maximum atomic E-state index is 12.0. The number of urea groups is 1. The molecule has 0 radical (unpaired) electrons. The fraction of sp³-hybridized carbons (Fsp3) is 0.933. The number of likely N-dealkylation sites (N-methyl/N-ethyl adjacent to an activating group) is 2. The van der Waals surface area contributed by atoms with Gasteiger partial charge in [-0.3, -0.25) is 4.90 Å². The van der Waals surface area contributed by atoms with Gasteiger partial charge in [-0.1, -0.05) is 13.8 Å². The van der Waals surface area contributed by atoms with E-state index in [0.29, 0.717) is 25.0 Å². The van der Waals surface area contributed by atoms with Gasteiger partial charge >= 0.3 is 6.03 Å². The maximum absolute atomic E-state index is 12.0. The molecule has 2 amide bonds. The molecule has 1 aliphatic heterocycles. The van der Waals surface area contributed by atoms with Crippen LogP contribution in [0.4, 0.5) is 4.79 Å². The summed E-state index contributed by atoms with van der Waals surface area (Å²) in [4.78, 5) is 18.4. The molecule has 0 aliphatic carbocycles. The molecule has 1 rings (SSSR count). The van der Waals surface area contributed by atoms with E-state index in [2.05, 4.69) is 36.0 Å². The fourth-order valence-corrected chi connectivity index (χ4v) is 2.75. The molecule has 0 bridgehead atoms. The van der Waals surface area contributed by atoms with Crippen molar-refractivity contribution in [2.24, 2.45) is 5.92 Å². The first-order chi connectivity index (χ1) is 9.81. The molecule has 21 heavy (non-hydrogen) atoms. The van der Waals surface area contributed by atoms with Gasteiger partial charge in [-0.25, -0.2) is 4.79 Å². The van der Waals surface area contributed by atoms with Gasteiger partial charge in [0.05, 0.1) is 6.10 Å². The number of carbonyl (C=O) groups excluding carboxylic acids is 1. The summed E-state index contributed by atoms with van der Waals surface area (Å²) in [5, 5.41) is 12.3. The van der Waals surface area contributed by atoms with Crippen molar-refractivity contribution in [3.63, 3.8) is 0 Å². The third kappa shape index (κ3) is 6.20. The topological polar surface area (TPSA) is 59.1 Å². The number of piperazine rings is 1. The number of nitrogens with one attached hydrogen (secondary N) is 1. The molecule has 1 aliphatic rings. The van der Waals surface area contributed by atoms with Crippen LogP contribution in [0, 0.1) is 5.92 Å². The lowest BCUT2D eigenvalue weighted by atomic mass is 10.0.